The van der Waals surface area contributed by atoms with Crippen molar-refractivity contribution in [1.82, 2.24) is 0 Å². The second-order valence-electron chi connectivity index (χ2n) is 18.5. The van der Waals surface area contributed by atoms with Crippen molar-refractivity contribution in [3.8, 4) is 0 Å². The monoisotopic (exact) mass is 752 g/mol. The van der Waals surface area contributed by atoms with Crippen LogP contribution in [0.5, 0.6) is 0 Å². The average Bonchev–Trinajstić information content (AvgIpc) is 3.80. The molecule has 5 aliphatic rings. The molecule has 0 N–H and O–H groups in total. The van der Waals surface area contributed by atoms with Gasteiger partial charge in [-0.1, -0.05) is 158 Å². The highest BCUT2D eigenvalue weighted by Gasteiger charge is 2.78. The molecular weight excluding hydrogens is 703 g/mol. The van der Waals surface area contributed by atoms with Crippen molar-refractivity contribution in [2.75, 3.05) is 0 Å². The highest BCUT2D eigenvalue weighted by atomic mass is 19.4. The molecule has 0 nitrogen and oxygen atoms in total. The smallest absolute Gasteiger partial charge is 0.166 e. The number of alkyl halides is 6. The van der Waals surface area contributed by atoms with Crippen LogP contribution in [0.3, 0.4) is 0 Å². The first-order chi connectivity index (χ1) is 25.6. The SMILES string of the molecule is CC12C(=C3Cc4ccccc4C3=C3C=CCCC31)C(C)(C(c1cccc(C(F)(F)F)c1)(c1cccc(C(F)(F)F)c1)C1C=CC=C1)C(C)(C)C(C)(C)C2(C)C. The van der Waals surface area contributed by atoms with E-state index in [9.17, 15) is 26.3 Å². The molecule has 0 bridgehead atoms. The molecule has 3 unspecified atom stereocenters. The minimum Gasteiger partial charge on any atom is -0.166 e. The fourth-order valence-electron chi connectivity index (χ4n) is 12.7. The molecule has 0 amide bonds. The summed E-state index contributed by atoms with van der Waals surface area (Å²) in [6.45, 7) is 18.4. The highest BCUT2D eigenvalue weighted by Crippen LogP contribution is 2.83. The van der Waals surface area contributed by atoms with Crippen molar-refractivity contribution in [2.45, 2.75) is 92.4 Å². The Hall–Kier alpha value is -4.06. The Morgan fingerprint density at radius 2 is 1.16 bits per heavy atom. The lowest BCUT2D eigenvalue weighted by Gasteiger charge is -2.78. The minimum absolute atomic E-state index is 0.0671. The average molecular weight is 753 g/mol. The Morgan fingerprint density at radius 1 is 0.618 bits per heavy atom. The van der Waals surface area contributed by atoms with Gasteiger partial charge in [-0.2, -0.15) is 26.3 Å². The van der Waals surface area contributed by atoms with Gasteiger partial charge >= 0.3 is 12.4 Å². The predicted octanol–water partition coefficient (Wildman–Crippen LogP) is 14.1. The zero-order chi connectivity index (χ0) is 39.8. The number of hydrogen-bond acceptors (Lipinski definition) is 0. The summed E-state index contributed by atoms with van der Waals surface area (Å²) >= 11 is 0. The maximum atomic E-state index is 14.9. The maximum Gasteiger partial charge on any atom is 0.416 e. The van der Waals surface area contributed by atoms with Gasteiger partial charge in [0.1, 0.15) is 0 Å². The van der Waals surface area contributed by atoms with Crippen LogP contribution in [0, 0.1) is 38.9 Å². The van der Waals surface area contributed by atoms with E-state index in [1.54, 1.807) is 12.1 Å². The lowest BCUT2D eigenvalue weighted by atomic mass is 9.25. The molecule has 1 fully saturated rings. The minimum atomic E-state index is -4.67. The number of allylic oxidation sites excluding steroid dienone is 10. The van der Waals surface area contributed by atoms with E-state index in [1.807, 2.05) is 24.3 Å². The van der Waals surface area contributed by atoms with Gasteiger partial charge in [-0.25, -0.2) is 0 Å². The number of halogens is 6. The lowest BCUT2D eigenvalue weighted by molar-refractivity contribution is -0.212. The van der Waals surface area contributed by atoms with Crippen molar-refractivity contribution in [2.24, 2.45) is 38.9 Å². The molecular formula is C49H50F6. The molecule has 3 aromatic carbocycles. The Kier molecular flexibility index (Phi) is 8.08. The summed E-state index contributed by atoms with van der Waals surface area (Å²) in [4.78, 5) is 0. The molecule has 5 aliphatic carbocycles. The molecule has 55 heavy (non-hydrogen) atoms. The molecule has 6 heteroatoms. The number of benzene rings is 3. The Bertz CT molecular complexity index is 2180. The molecule has 0 saturated heterocycles. The van der Waals surface area contributed by atoms with Gasteiger partial charge in [-0.3, -0.25) is 0 Å². The van der Waals surface area contributed by atoms with E-state index in [2.05, 4.69) is 91.8 Å². The van der Waals surface area contributed by atoms with Gasteiger partial charge in [-0.15, -0.1) is 0 Å². The standard InChI is InChI=1S/C49H50F6/c1-42(2)43(3,4)45(7)39-26-14-13-25-37(39)40-36-24-12-9-17-30(36)27-38(40)41(45)46(8,44(42,5)6)47(31-18-10-11-19-31,32-20-15-22-34(28-32)48(50,51)52)33-21-16-23-35(29-33)49(53,54)55/h9-13,15-25,28-29,31,39H,14,26-27H2,1-8H3. The van der Waals surface area contributed by atoms with Crippen LogP contribution in [0.2, 0.25) is 0 Å². The summed E-state index contributed by atoms with van der Waals surface area (Å²) in [5.74, 6) is -0.514. The van der Waals surface area contributed by atoms with Gasteiger partial charge in [0, 0.05) is 22.2 Å². The van der Waals surface area contributed by atoms with Gasteiger partial charge in [0.2, 0.25) is 0 Å². The van der Waals surface area contributed by atoms with E-state index in [1.165, 1.54) is 57.7 Å². The van der Waals surface area contributed by atoms with Gasteiger partial charge in [0.15, 0.2) is 0 Å². The maximum absolute atomic E-state index is 14.9. The van der Waals surface area contributed by atoms with Crippen LogP contribution in [0.25, 0.3) is 5.57 Å². The van der Waals surface area contributed by atoms with Crippen LogP contribution in [-0.2, 0) is 24.2 Å². The molecule has 0 heterocycles. The second-order valence-corrected chi connectivity index (χ2v) is 18.5. The molecule has 0 aromatic heterocycles. The van der Waals surface area contributed by atoms with E-state index in [-0.39, 0.29) is 11.3 Å². The number of hydrogen-bond donors (Lipinski definition) is 0. The number of rotatable bonds is 4. The van der Waals surface area contributed by atoms with Crippen molar-refractivity contribution in [1.29, 1.82) is 0 Å². The Balaban J connectivity index is 1.65. The van der Waals surface area contributed by atoms with Gasteiger partial charge in [-0.05, 0) is 92.5 Å². The Morgan fingerprint density at radius 3 is 1.73 bits per heavy atom. The van der Waals surface area contributed by atoms with Crippen molar-refractivity contribution < 1.29 is 26.3 Å². The van der Waals surface area contributed by atoms with E-state index in [0.29, 0.717) is 17.5 Å². The largest absolute Gasteiger partial charge is 0.416 e. The topological polar surface area (TPSA) is 0 Å². The molecule has 8 rings (SSSR count). The fourth-order valence-corrected chi connectivity index (χ4v) is 12.7. The van der Waals surface area contributed by atoms with Crippen LogP contribution in [0.1, 0.15) is 102 Å². The fraction of sp³-hybridized carbons (Fsp3) is 0.429. The molecule has 288 valence electrons. The summed E-state index contributed by atoms with van der Waals surface area (Å²) in [6.07, 6.45) is 5.43. The summed E-state index contributed by atoms with van der Waals surface area (Å²) in [5.41, 5.74) is 1.59. The van der Waals surface area contributed by atoms with Crippen molar-refractivity contribution in [3.63, 3.8) is 0 Å². The molecule has 0 spiro atoms. The summed E-state index contributed by atoms with van der Waals surface area (Å²) in [5, 5.41) is 0. The Labute approximate surface area is 321 Å². The zero-order valence-corrected chi connectivity index (χ0v) is 32.9. The van der Waals surface area contributed by atoms with E-state index in [4.69, 9.17) is 0 Å². The molecule has 0 aliphatic heterocycles. The van der Waals surface area contributed by atoms with Crippen molar-refractivity contribution >= 4 is 5.57 Å². The van der Waals surface area contributed by atoms with Gasteiger partial charge in [0.05, 0.1) is 11.1 Å². The van der Waals surface area contributed by atoms with Crippen LogP contribution in [-0.4, -0.2) is 0 Å². The molecule has 3 aromatic rings. The van der Waals surface area contributed by atoms with Crippen LogP contribution in [0.15, 0.2) is 126 Å². The third-order valence-corrected chi connectivity index (χ3v) is 16.6. The molecule has 1 saturated carbocycles. The molecule has 3 atom stereocenters. The van der Waals surface area contributed by atoms with E-state index in [0.717, 1.165) is 25.0 Å². The highest BCUT2D eigenvalue weighted by molar-refractivity contribution is 5.92. The first kappa shape index (κ1) is 37.8. The van der Waals surface area contributed by atoms with E-state index < -0.39 is 56.5 Å². The van der Waals surface area contributed by atoms with E-state index >= 15 is 0 Å². The van der Waals surface area contributed by atoms with Gasteiger partial charge < -0.3 is 0 Å². The quantitative estimate of drug-likeness (QED) is 0.233. The second kappa shape index (κ2) is 11.7. The van der Waals surface area contributed by atoms with Crippen molar-refractivity contribution in [3.05, 3.63) is 159 Å². The number of fused-ring (bicyclic) bond motifs is 6. The third-order valence-electron chi connectivity index (χ3n) is 16.6. The summed E-state index contributed by atoms with van der Waals surface area (Å²) in [6, 6.07) is 19.4. The van der Waals surface area contributed by atoms with Crippen LogP contribution in [0.4, 0.5) is 26.3 Å². The first-order valence-electron chi connectivity index (χ1n) is 19.5. The predicted molar refractivity (Wildman–Crippen MR) is 209 cm³/mol. The summed E-state index contributed by atoms with van der Waals surface area (Å²) in [7, 11) is 0. The lowest BCUT2D eigenvalue weighted by Crippen LogP contribution is -2.73. The van der Waals surface area contributed by atoms with Gasteiger partial charge in [0.25, 0.3) is 0 Å². The zero-order valence-electron chi connectivity index (χ0n) is 32.9. The first-order valence-corrected chi connectivity index (χ1v) is 19.5. The normalized spacial score (nSPS) is 27.9. The van der Waals surface area contributed by atoms with Crippen LogP contribution < -0.4 is 0 Å². The molecule has 0 radical (unpaired) electrons. The summed E-state index contributed by atoms with van der Waals surface area (Å²) < 4.78 is 89.5. The third kappa shape index (κ3) is 4.60. The van der Waals surface area contributed by atoms with Crippen LogP contribution >= 0.6 is 0 Å².